The minimum atomic E-state index is -1.48. The largest absolute Gasteiger partial charge is 0.494 e. The molecule has 96 heavy (non-hydrogen) atoms. The molecule has 22 nitrogen and oxygen atoms in total. The van der Waals surface area contributed by atoms with Gasteiger partial charge in [0.15, 0.2) is 0 Å². The van der Waals surface area contributed by atoms with E-state index in [2.05, 4.69) is 149 Å². The van der Waals surface area contributed by atoms with Crippen molar-refractivity contribution < 1.29 is 47.6 Å². The van der Waals surface area contributed by atoms with Crippen molar-refractivity contribution in [3.63, 3.8) is 0 Å². The van der Waals surface area contributed by atoms with Crippen molar-refractivity contribution >= 4 is 90.5 Å². The van der Waals surface area contributed by atoms with Gasteiger partial charge in [-0.3, -0.25) is 0 Å². The zero-order valence-electron chi connectivity index (χ0n) is 59.3. The lowest BCUT2D eigenvalue weighted by atomic mass is 9.79. The summed E-state index contributed by atoms with van der Waals surface area (Å²) in [6, 6.07) is 15.8. The predicted molar refractivity (Wildman–Crippen MR) is 386 cm³/mol. The Labute approximate surface area is 575 Å². The number of aromatic nitrogens is 8. The standard InChI is InChI=1S/C35H48N6O4Si.C30H42BrN5O3Si.C5H8BNO3/c1-21-18-36-33(37-28-17-25-11-13-29(28)41(25)34(42)44-35(4,5)6)38-32(21)27-19-40(20-43-14-15-46(7,8)9)30-16-24(10-12-26(27)30)31-22(2)39-45-23(31)3;1-19-16-32-28(33-24-15-21-9-11-25(24)36(21)29(37)39-30(2,3)4)34-27(19)23-17-35(18-38-12-13-40(5,6)7)26-14-20(31)8-10-22(23)26;1-3-5(6(8)9)4(2)10-7-3/h10,12,16,18-19,25,28-29H,11,13-15,17,20H2,1-9H3,(H,36,37,38);8,10,14,16-17,21,24-25H,9,11-13,15,18H2,1-7H3,(H,32,33,34);8-9H,1-2H3/t25-,28?,29+;21-,24?,25+;/m00./s1. The lowest BCUT2D eigenvalue weighted by Gasteiger charge is -2.28. The third-order valence-corrected chi connectivity index (χ3v) is 22.1. The summed E-state index contributed by atoms with van der Waals surface area (Å²) in [5.74, 6) is 2.41. The number of hydrogen-bond donors (Lipinski definition) is 4. The zero-order chi connectivity index (χ0) is 69.5. The minimum absolute atomic E-state index is 0.0613. The van der Waals surface area contributed by atoms with Gasteiger partial charge < -0.3 is 67.6 Å². The van der Waals surface area contributed by atoms with Crippen LogP contribution in [0.1, 0.15) is 114 Å². The van der Waals surface area contributed by atoms with Gasteiger partial charge in [0.1, 0.15) is 36.2 Å². The molecular weight excluding hydrogens is 1320 g/mol. The molecular formula is C70H98BBrN12O10Si2. The summed E-state index contributed by atoms with van der Waals surface area (Å²) >= 11 is 3.64. The summed E-state index contributed by atoms with van der Waals surface area (Å²) in [5.41, 5.74) is 10.8. The van der Waals surface area contributed by atoms with Crippen LogP contribution in [0.4, 0.5) is 21.5 Å². The van der Waals surface area contributed by atoms with Crippen LogP contribution in [0.2, 0.25) is 51.4 Å². The first kappa shape index (κ1) is 71.8. The summed E-state index contributed by atoms with van der Waals surface area (Å²) in [7, 11) is -3.85. The van der Waals surface area contributed by atoms with E-state index in [0.717, 1.165) is 146 Å². The fraction of sp³-hybridized carbons (Fsp3) is 0.543. The summed E-state index contributed by atoms with van der Waals surface area (Å²) in [4.78, 5) is 49.2. The average molecular weight is 1410 g/mol. The zero-order valence-corrected chi connectivity index (χ0v) is 62.9. The fourth-order valence-corrected chi connectivity index (χ4v) is 15.4. The lowest BCUT2D eigenvalue weighted by molar-refractivity contribution is 0.0203. The molecule has 0 saturated carbocycles. The summed E-state index contributed by atoms with van der Waals surface area (Å²) < 4.78 is 39.4. The maximum absolute atomic E-state index is 13.0. The number of carbonyl (C=O) groups is 2. The maximum Gasteiger partial charge on any atom is 0.494 e. The molecule has 2 unspecified atom stereocenters. The average Bonchev–Trinajstić information content (AvgIpc) is 1.62. The SMILES string of the molecule is Cc1cnc(NC2C[C@@H]3CC[C@H]2N3C(=O)OC(C)(C)C)nc1-c1cn(COCC[Si](C)(C)C)c2cc(-c3c(C)noc3C)ccc12.Cc1cnc(NC2C[C@@H]3CC[C@H]2N3C(=O)OC(C)(C)C)nc1-c1cn(COCC[Si](C)(C)C)c2cc(Br)ccc12.Cc1noc(C)c1B(O)O. The molecule has 6 aromatic heterocycles. The Morgan fingerprint density at radius 1 is 0.635 bits per heavy atom. The third kappa shape index (κ3) is 16.9. The third-order valence-electron chi connectivity index (χ3n) is 18.2. The summed E-state index contributed by atoms with van der Waals surface area (Å²) in [6.07, 6.45) is 13.3. The monoisotopic (exact) mass is 1410 g/mol. The van der Waals surface area contributed by atoms with Crippen molar-refractivity contribution in [2.45, 2.75) is 234 Å². The van der Waals surface area contributed by atoms with E-state index < -0.39 is 34.5 Å². The van der Waals surface area contributed by atoms with Gasteiger partial charge in [0, 0.05) is 104 Å². The van der Waals surface area contributed by atoms with Gasteiger partial charge in [0.25, 0.3) is 0 Å². The molecule has 26 heteroatoms. The molecule has 516 valence electrons. The molecule has 0 spiro atoms. The van der Waals surface area contributed by atoms with Gasteiger partial charge >= 0.3 is 19.3 Å². The Kier molecular flexibility index (Phi) is 21.6. The molecule has 6 atom stereocenters. The number of carbonyl (C=O) groups excluding carboxylic acids is 2. The lowest BCUT2D eigenvalue weighted by Crippen LogP contribution is -2.42. The molecule has 0 aliphatic carbocycles. The fourth-order valence-electron chi connectivity index (χ4n) is 13.5. The van der Waals surface area contributed by atoms with E-state index in [-0.39, 0.29) is 48.4 Å². The molecule has 4 saturated heterocycles. The van der Waals surface area contributed by atoms with Gasteiger partial charge in [-0.2, -0.15) is 0 Å². The first-order valence-corrected chi connectivity index (χ1v) is 41.8. The second-order valence-corrected chi connectivity index (χ2v) is 42.9. The van der Waals surface area contributed by atoms with E-state index >= 15 is 0 Å². The van der Waals surface area contributed by atoms with Crippen LogP contribution in [0.5, 0.6) is 0 Å². The van der Waals surface area contributed by atoms with Crippen molar-refractivity contribution in [2.24, 2.45) is 0 Å². The number of benzene rings is 2. The predicted octanol–water partition coefficient (Wildman–Crippen LogP) is 14.3. The van der Waals surface area contributed by atoms with E-state index in [1.165, 1.54) is 0 Å². The van der Waals surface area contributed by atoms with Crippen LogP contribution < -0.4 is 16.1 Å². The van der Waals surface area contributed by atoms with Gasteiger partial charge in [-0.1, -0.05) is 83.7 Å². The van der Waals surface area contributed by atoms with Gasteiger partial charge in [-0.15, -0.1) is 0 Å². The van der Waals surface area contributed by atoms with Crippen LogP contribution in [-0.2, 0) is 32.4 Å². The van der Waals surface area contributed by atoms with Crippen LogP contribution in [0, 0.1) is 41.5 Å². The number of amides is 2. The van der Waals surface area contributed by atoms with E-state index in [1.807, 2.05) is 91.4 Å². The Hall–Kier alpha value is -6.94. The van der Waals surface area contributed by atoms with Crippen LogP contribution in [0.15, 0.2) is 74.7 Å². The molecule has 2 amide bonds. The second kappa shape index (κ2) is 28.9. The van der Waals surface area contributed by atoms with Crippen LogP contribution >= 0.6 is 15.9 Å². The molecule has 4 aliphatic heterocycles. The molecule has 0 radical (unpaired) electrons. The number of ether oxygens (including phenoxy) is 4. The number of nitrogens with one attached hydrogen (secondary N) is 2. The molecule has 4 bridgehead atoms. The van der Waals surface area contributed by atoms with Gasteiger partial charge in [0.05, 0.1) is 58.0 Å². The highest BCUT2D eigenvalue weighted by Crippen LogP contribution is 2.43. The normalized spacial score (nSPS) is 19.2. The number of halogens is 1. The molecule has 2 aromatic carbocycles. The van der Waals surface area contributed by atoms with Crippen molar-refractivity contribution in [3.05, 3.63) is 99.7 Å². The van der Waals surface area contributed by atoms with Gasteiger partial charge in [-0.25, -0.2) is 29.5 Å². The number of anilines is 2. The smallest absolute Gasteiger partial charge is 0.444 e. The topological polar surface area (TPSA) is 256 Å². The van der Waals surface area contributed by atoms with E-state index in [0.29, 0.717) is 42.3 Å². The Morgan fingerprint density at radius 2 is 1.08 bits per heavy atom. The van der Waals surface area contributed by atoms with Crippen LogP contribution in [0.25, 0.3) is 55.4 Å². The quantitative estimate of drug-likeness (QED) is 0.0460. The highest BCUT2D eigenvalue weighted by Gasteiger charge is 2.51. The van der Waals surface area contributed by atoms with E-state index in [4.69, 9.17) is 43.5 Å². The maximum atomic E-state index is 13.0. The highest BCUT2D eigenvalue weighted by molar-refractivity contribution is 9.10. The van der Waals surface area contributed by atoms with Crippen molar-refractivity contribution in [2.75, 3.05) is 23.8 Å². The molecule has 4 aliphatic rings. The minimum Gasteiger partial charge on any atom is -0.444 e. The first-order chi connectivity index (χ1) is 45.1. The van der Waals surface area contributed by atoms with Crippen molar-refractivity contribution in [1.29, 1.82) is 0 Å². The Morgan fingerprint density at radius 3 is 1.49 bits per heavy atom. The van der Waals surface area contributed by atoms with Crippen LogP contribution in [0.3, 0.4) is 0 Å². The first-order valence-electron chi connectivity index (χ1n) is 33.6. The molecule has 4 N–H and O–H groups in total. The molecule has 12 rings (SSSR count). The number of hydrogen-bond acceptors (Lipinski definition) is 18. The Bertz CT molecular complexity index is 4050. The Balaban J connectivity index is 0.000000183. The number of aryl methyl sites for hydroxylation is 6. The molecule has 10 heterocycles. The van der Waals surface area contributed by atoms with Gasteiger partial charge in [-0.05, 0) is 169 Å². The van der Waals surface area contributed by atoms with Crippen molar-refractivity contribution in [1.82, 2.24) is 49.2 Å². The van der Waals surface area contributed by atoms with Gasteiger partial charge in [0.2, 0.25) is 11.9 Å². The summed E-state index contributed by atoms with van der Waals surface area (Å²) in [6.45, 7) is 39.4. The molecule has 4 fully saturated rings. The van der Waals surface area contributed by atoms with E-state index in [1.54, 1.807) is 13.8 Å². The molecule has 8 aromatic rings. The number of fused-ring (bicyclic) bond motifs is 6. The van der Waals surface area contributed by atoms with Crippen molar-refractivity contribution in [3.8, 4) is 33.6 Å². The van der Waals surface area contributed by atoms with Crippen LogP contribution in [-0.4, -0.2) is 155 Å². The highest BCUT2D eigenvalue weighted by atomic mass is 79.9. The number of nitrogens with zero attached hydrogens (tertiary/aromatic N) is 10. The second-order valence-electron chi connectivity index (χ2n) is 30.7. The van der Waals surface area contributed by atoms with E-state index in [9.17, 15) is 9.59 Å². The summed E-state index contributed by atoms with van der Waals surface area (Å²) in [5, 5.41) is 34.6. The number of rotatable bonds is 18.